The van der Waals surface area contributed by atoms with E-state index in [1.807, 2.05) is 0 Å². The number of hydrogen-bond acceptors (Lipinski definition) is 6. The lowest BCUT2D eigenvalue weighted by molar-refractivity contribution is -0.137. The number of nitrogens with zero attached hydrogens (tertiary/aromatic N) is 4. The van der Waals surface area contributed by atoms with Crippen LogP contribution < -0.4 is 5.32 Å². The lowest BCUT2D eigenvalue weighted by atomic mass is 9.71. The SMILES string of the molecule is FC(F)c1nnc(-c2cnc(NC3(c4cccc(C(F)(F)F)c4)CCC3)nc2)o1. The molecule has 1 aliphatic rings. The van der Waals surface area contributed by atoms with E-state index in [1.54, 1.807) is 6.07 Å². The molecule has 0 bridgehead atoms. The molecule has 2 heterocycles. The molecule has 1 N–H and O–H groups in total. The minimum atomic E-state index is -4.43. The van der Waals surface area contributed by atoms with Crippen molar-refractivity contribution in [2.24, 2.45) is 0 Å². The number of aromatic nitrogens is 4. The van der Waals surface area contributed by atoms with Gasteiger partial charge in [-0.25, -0.2) is 9.97 Å². The zero-order valence-corrected chi connectivity index (χ0v) is 14.7. The summed E-state index contributed by atoms with van der Waals surface area (Å²) in [5, 5.41) is 9.86. The number of benzene rings is 1. The molecule has 3 aromatic rings. The molecule has 11 heteroatoms. The van der Waals surface area contributed by atoms with Gasteiger partial charge in [-0.1, -0.05) is 12.1 Å². The summed E-state index contributed by atoms with van der Waals surface area (Å²) in [6.07, 6.45) is -2.58. The first-order chi connectivity index (χ1) is 13.8. The van der Waals surface area contributed by atoms with Crippen molar-refractivity contribution in [3.63, 3.8) is 0 Å². The maximum atomic E-state index is 13.1. The summed E-state index contributed by atoms with van der Waals surface area (Å²) in [6, 6.07) is 5.17. The lowest BCUT2D eigenvalue weighted by Crippen LogP contribution is -2.42. The van der Waals surface area contributed by atoms with Gasteiger partial charge >= 0.3 is 12.6 Å². The highest BCUT2D eigenvalue weighted by Gasteiger charge is 2.41. The second kappa shape index (κ2) is 7.05. The van der Waals surface area contributed by atoms with Gasteiger partial charge in [0.2, 0.25) is 5.95 Å². The molecule has 1 aromatic carbocycles. The number of halogens is 5. The molecular weight excluding hydrogens is 397 g/mol. The third kappa shape index (κ3) is 3.76. The molecule has 1 fully saturated rings. The van der Waals surface area contributed by atoms with Crippen molar-refractivity contribution in [2.75, 3.05) is 5.32 Å². The van der Waals surface area contributed by atoms with Gasteiger partial charge in [-0.05, 0) is 37.0 Å². The van der Waals surface area contributed by atoms with Gasteiger partial charge in [0.25, 0.3) is 11.8 Å². The number of anilines is 1. The van der Waals surface area contributed by atoms with E-state index >= 15 is 0 Å². The molecule has 29 heavy (non-hydrogen) atoms. The van der Waals surface area contributed by atoms with Crippen LogP contribution in [0.15, 0.2) is 41.1 Å². The quantitative estimate of drug-likeness (QED) is 0.597. The summed E-state index contributed by atoms with van der Waals surface area (Å²) in [4.78, 5) is 8.23. The van der Waals surface area contributed by atoms with Crippen molar-refractivity contribution >= 4 is 5.95 Å². The van der Waals surface area contributed by atoms with Crippen LogP contribution in [0.3, 0.4) is 0 Å². The van der Waals surface area contributed by atoms with Crippen molar-refractivity contribution in [1.29, 1.82) is 0 Å². The molecule has 0 aliphatic heterocycles. The third-order valence-corrected chi connectivity index (χ3v) is 4.83. The highest BCUT2D eigenvalue weighted by molar-refractivity contribution is 5.51. The lowest BCUT2D eigenvalue weighted by Gasteiger charge is -2.43. The largest absolute Gasteiger partial charge is 0.416 e. The second-order valence-electron chi connectivity index (χ2n) is 6.68. The molecular formula is C18H14F5N5O. The fourth-order valence-electron chi connectivity index (χ4n) is 3.17. The number of alkyl halides is 5. The maximum absolute atomic E-state index is 13.1. The Hall–Kier alpha value is -3.11. The Labute approximate surface area is 161 Å². The van der Waals surface area contributed by atoms with Crippen LogP contribution in [0.1, 0.15) is 42.7 Å². The van der Waals surface area contributed by atoms with E-state index in [2.05, 4.69) is 25.5 Å². The molecule has 6 nitrogen and oxygen atoms in total. The zero-order chi connectivity index (χ0) is 20.6. The minimum absolute atomic E-state index is 0.150. The van der Waals surface area contributed by atoms with E-state index in [-0.39, 0.29) is 17.4 Å². The van der Waals surface area contributed by atoms with Crippen LogP contribution in [0.2, 0.25) is 0 Å². The first kappa shape index (κ1) is 19.2. The van der Waals surface area contributed by atoms with Gasteiger partial charge in [-0.2, -0.15) is 22.0 Å². The monoisotopic (exact) mass is 411 g/mol. The van der Waals surface area contributed by atoms with E-state index in [4.69, 9.17) is 4.42 Å². The summed E-state index contributed by atoms with van der Waals surface area (Å²) >= 11 is 0. The summed E-state index contributed by atoms with van der Waals surface area (Å²) in [6.45, 7) is 0. The number of rotatable bonds is 5. The van der Waals surface area contributed by atoms with E-state index in [0.29, 0.717) is 18.4 Å². The zero-order valence-electron chi connectivity index (χ0n) is 14.7. The van der Waals surface area contributed by atoms with Crippen molar-refractivity contribution in [3.8, 4) is 11.5 Å². The van der Waals surface area contributed by atoms with Crippen molar-refractivity contribution in [3.05, 3.63) is 53.7 Å². The molecule has 2 aromatic heterocycles. The normalized spacial score (nSPS) is 15.9. The van der Waals surface area contributed by atoms with Gasteiger partial charge < -0.3 is 9.73 Å². The van der Waals surface area contributed by atoms with Crippen LogP contribution in [-0.2, 0) is 11.7 Å². The minimum Gasteiger partial charge on any atom is -0.415 e. The average molecular weight is 411 g/mol. The topological polar surface area (TPSA) is 76.7 Å². The highest BCUT2D eigenvalue weighted by Crippen LogP contribution is 2.44. The van der Waals surface area contributed by atoms with E-state index in [1.165, 1.54) is 18.5 Å². The maximum Gasteiger partial charge on any atom is 0.416 e. The summed E-state index contributed by atoms with van der Waals surface area (Å²) < 4.78 is 69.1. The average Bonchev–Trinajstić information content (AvgIpc) is 3.15. The molecule has 0 spiro atoms. The first-order valence-electron chi connectivity index (χ1n) is 8.67. The Morgan fingerprint density at radius 1 is 1.07 bits per heavy atom. The molecule has 1 aliphatic carbocycles. The van der Waals surface area contributed by atoms with Crippen LogP contribution in [0.5, 0.6) is 0 Å². The molecule has 152 valence electrons. The van der Waals surface area contributed by atoms with Gasteiger partial charge in [-0.15, -0.1) is 10.2 Å². The van der Waals surface area contributed by atoms with E-state index in [0.717, 1.165) is 18.6 Å². The van der Waals surface area contributed by atoms with Crippen LogP contribution in [0.25, 0.3) is 11.5 Å². The predicted octanol–water partition coefficient (Wildman–Crippen LogP) is 4.97. The van der Waals surface area contributed by atoms with Crippen molar-refractivity contribution in [1.82, 2.24) is 20.2 Å². The molecule has 0 atom stereocenters. The third-order valence-electron chi connectivity index (χ3n) is 4.83. The number of nitrogens with one attached hydrogen (secondary N) is 1. The fraction of sp³-hybridized carbons (Fsp3) is 0.333. The standard InChI is InChI=1S/C18H14F5N5O/c19-13(20)15-28-27-14(29-15)10-8-24-16(25-9-10)26-17(5-2-6-17)11-3-1-4-12(7-11)18(21,22)23/h1,3-4,7-9,13H,2,5-6H2,(H,24,25,26). The van der Waals surface area contributed by atoms with E-state index in [9.17, 15) is 22.0 Å². The second-order valence-corrected chi connectivity index (χ2v) is 6.68. The Morgan fingerprint density at radius 3 is 2.34 bits per heavy atom. The van der Waals surface area contributed by atoms with Crippen molar-refractivity contribution in [2.45, 2.75) is 37.4 Å². The summed E-state index contributed by atoms with van der Waals surface area (Å²) in [5.41, 5.74) is -0.664. The van der Waals surface area contributed by atoms with Gasteiger partial charge in [0.05, 0.1) is 16.7 Å². The number of hydrogen-bond donors (Lipinski definition) is 1. The Morgan fingerprint density at radius 2 is 1.79 bits per heavy atom. The molecule has 4 rings (SSSR count). The fourth-order valence-corrected chi connectivity index (χ4v) is 3.17. The van der Waals surface area contributed by atoms with Crippen LogP contribution >= 0.6 is 0 Å². The van der Waals surface area contributed by atoms with Gasteiger partial charge in [0.1, 0.15) is 0 Å². The van der Waals surface area contributed by atoms with Crippen LogP contribution in [-0.4, -0.2) is 20.2 Å². The molecule has 0 unspecified atom stereocenters. The van der Waals surface area contributed by atoms with Crippen LogP contribution in [0, 0.1) is 0 Å². The molecule has 0 amide bonds. The van der Waals surface area contributed by atoms with E-state index < -0.39 is 29.6 Å². The van der Waals surface area contributed by atoms with Gasteiger partial charge in [0.15, 0.2) is 0 Å². The summed E-state index contributed by atoms with van der Waals surface area (Å²) in [5.74, 6) is -0.761. The molecule has 0 saturated heterocycles. The van der Waals surface area contributed by atoms with Crippen molar-refractivity contribution < 1.29 is 26.4 Å². The van der Waals surface area contributed by atoms with Gasteiger partial charge in [0, 0.05) is 12.4 Å². The van der Waals surface area contributed by atoms with Crippen LogP contribution in [0.4, 0.5) is 27.9 Å². The molecule has 0 radical (unpaired) electrons. The highest BCUT2D eigenvalue weighted by atomic mass is 19.4. The Bertz CT molecular complexity index is 998. The molecule has 1 saturated carbocycles. The Balaban J connectivity index is 1.56. The predicted molar refractivity (Wildman–Crippen MR) is 90.9 cm³/mol. The first-order valence-corrected chi connectivity index (χ1v) is 8.67. The Kier molecular flexibility index (Phi) is 4.67. The smallest absolute Gasteiger partial charge is 0.415 e. The summed E-state index contributed by atoms with van der Waals surface area (Å²) in [7, 11) is 0. The van der Waals surface area contributed by atoms with Gasteiger partial charge in [-0.3, -0.25) is 0 Å².